The Labute approximate surface area is 211 Å². The lowest BCUT2D eigenvalue weighted by Gasteiger charge is -2.16. The number of hydrogen-bond donors (Lipinski definition) is 1. The summed E-state index contributed by atoms with van der Waals surface area (Å²) in [6.45, 7) is 2.40. The van der Waals surface area contributed by atoms with Gasteiger partial charge in [0.15, 0.2) is 4.77 Å². The molecule has 0 amide bonds. The van der Waals surface area contributed by atoms with Gasteiger partial charge in [0.25, 0.3) is 5.56 Å². The monoisotopic (exact) mass is 508 g/mol. The van der Waals surface area contributed by atoms with Crippen LogP contribution in [-0.4, -0.2) is 28.0 Å². The summed E-state index contributed by atoms with van der Waals surface area (Å²) in [6.07, 6.45) is 0. The first kappa shape index (κ1) is 24.2. The second kappa shape index (κ2) is 10.5. The summed E-state index contributed by atoms with van der Waals surface area (Å²) < 4.78 is 13.4. The highest BCUT2D eigenvalue weighted by atomic mass is 35.5. The Balaban J connectivity index is 1.94. The number of benzene rings is 3. The lowest BCUT2D eigenvalue weighted by Crippen LogP contribution is -2.23. The zero-order valence-electron chi connectivity index (χ0n) is 18.9. The Morgan fingerprint density at radius 1 is 0.886 bits per heavy atom. The maximum Gasteiger partial charge on any atom is 0.290 e. The number of nitrogens with zero attached hydrogens (tertiary/aromatic N) is 4. The van der Waals surface area contributed by atoms with Gasteiger partial charge in [-0.3, -0.25) is 13.9 Å². The number of azo groups is 1. The van der Waals surface area contributed by atoms with Gasteiger partial charge in [-0.25, -0.2) is 0 Å². The summed E-state index contributed by atoms with van der Waals surface area (Å²) in [4.78, 5) is 13.5. The average Bonchev–Trinajstić information content (AvgIpc) is 2.86. The lowest BCUT2D eigenvalue weighted by atomic mass is 10.2. The highest BCUT2D eigenvalue weighted by Gasteiger charge is 2.19. The summed E-state index contributed by atoms with van der Waals surface area (Å²) in [5.41, 5.74) is 0.541. The average molecular weight is 509 g/mol. The third kappa shape index (κ3) is 5.11. The first-order chi connectivity index (χ1) is 16.9. The molecule has 10 heteroatoms. The Morgan fingerprint density at radius 2 is 1.46 bits per heavy atom. The fraction of sp³-hybridized carbons (Fsp3) is 0.120. The van der Waals surface area contributed by atoms with Gasteiger partial charge in [-0.15, -0.1) is 5.11 Å². The smallest absolute Gasteiger partial charge is 0.290 e. The van der Waals surface area contributed by atoms with E-state index in [1.165, 1.54) is 9.13 Å². The topological polar surface area (TPSA) is 90.3 Å². The van der Waals surface area contributed by atoms with Crippen LogP contribution >= 0.6 is 23.8 Å². The molecule has 178 valence electrons. The fourth-order valence-corrected chi connectivity index (χ4v) is 3.84. The lowest BCUT2D eigenvalue weighted by molar-refractivity contribution is 0.340. The van der Waals surface area contributed by atoms with Crippen molar-refractivity contribution in [3.05, 3.63) is 92.9 Å². The van der Waals surface area contributed by atoms with Crippen LogP contribution in [0, 0.1) is 4.77 Å². The van der Waals surface area contributed by atoms with Crippen molar-refractivity contribution in [1.29, 1.82) is 0 Å². The predicted molar refractivity (Wildman–Crippen MR) is 137 cm³/mol. The maximum atomic E-state index is 13.5. The number of aromatic hydroxyl groups is 1. The molecule has 1 N–H and O–H groups in total. The Kier molecular flexibility index (Phi) is 7.28. The predicted octanol–water partition coefficient (Wildman–Crippen LogP) is 6.54. The first-order valence-corrected chi connectivity index (χ1v) is 11.4. The van der Waals surface area contributed by atoms with E-state index < -0.39 is 11.4 Å². The maximum absolute atomic E-state index is 13.5. The van der Waals surface area contributed by atoms with Crippen LogP contribution in [-0.2, 0) is 0 Å². The molecule has 0 spiro atoms. The molecule has 0 aliphatic heterocycles. The quantitative estimate of drug-likeness (QED) is 0.226. The summed E-state index contributed by atoms with van der Waals surface area (Å²) >= 11 is 11.6. The van der Waals surface area contributed by atoms with Crippen molar-refractivity contribution in [3.63, 3.8) is 0 Å². The van der Waals surface area contributed by atoms with Crippen LogP contribution in [0.3, 0.4) is 0 Å². The highest BCUT2D eigenvalue weighted by molar-refractivity contribution is 7.71. The molecule has 3 aromatic carbocycles. The minimum atomic E-state index is -0.627. The molecular weight excluding hydrogens is 488 g/mol. The Bertz CT molecular complexity index is 1480. The van der Waals surface area contributed by atoms with Crippen LogP contribution in [0.5, 0.6) is 17.4 Å². The standard InChI is InChI=1S/C25H21ClN4O4S/c1-3-34-21-14-10-19(11-15-21)30-24(32)22(28-27-17-6-4-16(26)5-7-17)23(31)29(25(30)35)18-8-12-20(33-2)13-9-18/h4-15,32H,3H2,1-2H3. The number of halogens is 1. The van der Waals surface area contributed by atoms with Crippen LogP contribution < -0.4 is 15.0 Å². The fourth-order valence-electron chi connectivity index (χ4n) is 3.34. The molecule has 4 aromatic rings. The minimum Gasteiger partial charge on any atom is -0.497 e. The second-order valence-corrected chi connectivity index (χ2v) is 8.03. The van der Waals surface area contributed by atoms with Gasteiger partial charge in [0.05, 0.1) is 30.8 Å². The number of ether oxygens (including phenoxy) is 2. The number of rotatable bonds is 7. The van der Waals surface area contributed by atoms with Gasteiger partial charge in [-0.1, -0.05) is 11.6 Å². The van der Waals surface area contributed by atoms with E-state index >= 15 is 0 Å². The van der Waals surface area contributed by atoms with E-state index in [1.54, 1.807) is 79.9 Å². The summed E-state index contributed by atoms with van der Waals surface area (Å²) in [6, 6.07) is 20.3. The third-order valence-electron chi connectivity index (χ3n) is 5.04. The van der Waals surface area contributed by atoms with Crippen LogP contribution in [0.1, 0.15) is 6.92 Å². The molecule has 4 rings (SSSR count). The zero-order valence-corrected chi connectivity index (χ0v) is 20.5. The highest BCUT2D eigenvalue weighted by Crippen LogP contribution is 2.30. The Morgan fingerprint density at radius 3 is 2.03 bits per heavy atom. The number of aromatic nitrogens is 2. The van der Waals surface area contributed by atoms with E-state index in [2.05, 4.69) is 10.2 Å². The molecule has 1 aromatic heterocycles. The molecule has 0 unspecified atom stereocenters. The van der Waals surface area contributed by atoms with Crippen molar-refractivity contribution in [1.82, 2.24) is 9.13 Å². The Hall–Kier alpha value is -3.95. The molecule has 0 aliphatic carbocycles. The third-order valence-corrected chi connectivity index (χ3v) is 5.66. The van der Waals surface area contributed by atoms with Crippen molar-refractivity contribution in [2.24, 2.45) is 10.2 Å². The van der Waals surface area contributed by atoms with Gasteiger partial charge in [0.1, 0.15) is 11.5 Å². The van der Waals surface area contributed by atoms with Crippen molar-refractivity contribution in [2.45, 2.75) is 6.92 Å². The van der Waals surface area contributed by atoms with Crippen LogP contribution in [0.4, 0.5) is 11.4 Å². The van der Waals surface area contributed by atoms with Crippen molar-refractivity contribution in [3.8, 4) is 28.8 Å². The number of methoxy groups -OCH3 is 1. The molecule has 0 atom stereocenters. The summed E-state index contributed by atoms with van der Waals surface area (Å²) in [7, 11) is 1.55. The SMILES string of the molecule is CCOc1ccc(-n2c(O)c(N=Nc3ccc(Cl)cc3)c(=O)n(-c3ccc(OC)cc3)c2=S)cc1. The van der Waals surface area contributed by atoms with E-state index in [4.69, 9.17) is 33.3 Å². The number of hydrogen-bond acceptors (Lipinski definition) is 7. The van der Waals surface area contributed by atoms with Crippen molar-refractivity contribution in [2.75, 3.05) is 13.7 Å². The van der Waals surface area contributed by atoms with Crippen LogP contribution in [0.25, 0.3) is 11.4 Å². The van der Waals surface area contributed by atoms with E-state index in [0.29, 0.717) is 40.2 Å². The molecule has 8 nitrogen and oxygen atoms in total. The summed E-state index contributed by atoms with van der Waals surface area (Å²) in [5, 5.41) is 19.8. The molecule has 0 saturated carbocycles. The molecule has 0 radical (unpaired) electrons. The van der Waals surface area contributed by atoms with E-state index in [1.807, 2.05) is 6.92 Å². The molecule has 35 heavy (non-hydrogen) atoms. The first-order valence-electron chi connectivity index (χ1n) is 10.6. The zero-order chi connectivity index (χ0) is 24.9. The largest absolute Gasteiger partial charge is 0.497 e. The summed E-state index contributed by atoms with van der Waals surface area (Å²) in [5.74, 6) is 0.841. The van der Waals surface area contributed by atoms with Gasteiger partial charge in [0, 0.05) is 5.02 Å². The van der Waals surface area contributed by atoms with Crippen molar-refractivity contribution < 1.29 is 14.6 Å². The van der Waals surface area contributed by atoms with E-state index in [0.717, 1.165) is 0 Å². The molecule has 1 heterocycles. The van der Waals surface area contributed by atoms with Crippen LogP contribution in [0.15, 0.2) is 87.8 Å². The van der Waals surface area contributed by atoms with Crippen LogP contribution in [0.2, 0.25) is 5.02 Å². The van der Waals surface area contributed by atoms with Gasteiger partial charge in [-0.05, 0) is 91.9 Å². The second-order valence-electron chi connectivity index (χ2n) is 7.23. The van der Waals surface area contributed by atoms with Crippen molar-refractivity contribution >= 4 is 35.2 Å². The molecular formula is C25H21ClN4O4S. The normalized spacial score (nSPS) is 11.1. The minimum absolute atomic E-state index is 0.0484. The molecule has 0 bridgehead atoms. The van der Waals surface area contributed by atoms with E-state index in [-0.39, 0.29) is 10.5 Å². The van der Waals surface area contributed by atoms with E-state index in [9.17, 15) is 9.90 Å². The van der Waals surface area contributed by atoms with Gasteiger partial charge >= 0.3 is 0 Å². The van der Waals surface area contributed by atoms with Gasteiger partial charge in [-0.2, -0.15) is 5.11 Å². The van der Waals surface area contributed by atoms with Gasteiger partial charge < -0.3 is 14.6 Å². The molecule has 0 aliphatic rings. The molecule has 0 fully saturated rings. The molecule has 0 saturated heterocycles. The van der Waals surface area contributed by atoms with Gasteiger partial charge in [0.2, 0.25) is 11.6 Å².